The molecular weight excluding hydrogens is 304 g/mol. The fourth-order valence-electron chi connectivity index (χ4n) is 1.96. The van der Waals surface area contributed by atoms with Crippen LogP contribution in [0, 0.1) is 6.92 Å². The van der Waals surface area contributed by atoms with Gasteiger partial charge in [-0.1, -0.05) is 17.7 Å². The van der Waals surface area contributed by atoms with E-state index in [2.05, 4.69) is 5.32 Å². The molecule has 22 heavy (non-hydrogen) atoms. The molecule has 1 rings (SSSR count). The zero-order valence-corrected chi connectivity index (χ0v) is 14.1. The molecule has 0 aliphatic heterocycles. The lowest BCUT2D eigenvalue weighted by Crippen LogP contribution is -2.32. The molecule has 0 fully saturated rings. The van der Waals surface area contributed by atoms with Crippen LogP contribution in [0.1, 0.15) is 18.4 Å². The average Bonchev–Trinajstić information content (AvgIpc) is 2.44. The van der Waals surface area contributed by atoms with Gasteiger partial charge in [-0.05, 0) is 25.5 Å². The lowest BCUT2D eigenvalue weighted by Gasteiger charge is -2.22. The van der Waals surface area contributed by atoms with E-state index in [0.29, 0.717) is 25.3 Å². The lowest BCUT2D eigenvalue weighted by molar-refractivity contribution is -0.121. The number of ether oxygens (including phenoxy) is 1. The molecule has 0 aromatic heterocycles. The van der Waals surface area contributed by atoms with Crippen LogP contribution >= 0.6 is 0 Å². The zero-order chi connectivity index (χ0) is 16.6. The molecule has 0 spiro atoms. The molecule has 0 saturated carbocycles. The summed E-state index contributed by atoms with van der Waals surface area (Å²) in [6, 6.07) is 7.28. The Morgan fingerprint density at radius 1 is 1.27 bits per heavy atom. The van der Waals surface area contributed by atoms with Crippen molar-refractivity contribution in [1.29, 1.82) is 0 Å². The number of hydrogen-bond donors (Lipinski definition) is 1. The molecule has 0 heterocycles. The number of hydrogen-bond acceptors (Lipinski definition) is 4. The van der Waals surface area contributed by atoms with Gasteiger partial charge < -0.3 is 10.1 Å². The number of methoxy groups -OCH3 is 1. The molecule has 0 atom stereocenters. The van der Waals surface area contributed by atoms with Crippen LogP contribution in [0.4, 0.5) is 5.69 Å². The highest BCUT2D eigenvalue weighted by Crippen LogP contribution is 2.18. The second kappa shape index (κ2) is 8.75. The largest absolute Gasteiger partial charge is 0.383 e. The minimum Gasteiger partial charge on any atom is -0.383 e. The number of nitrogens with one attached hydrogen (secondary N) is 1. The van der Waals surface area contributed by atoms with Gasteiger partial charge >= 0.3 is 0 Å². The highest BCUT2D eigenvalue weighted by atomic mass is 32.2. The summed E-state index contributed by atoms with van der Waals surface area (Å²) < 4.78 is 30.0. The van der Waals surface area contributed by atoms with E-state index in [4.69, 9.17) is 4.74 Å². The molecular formula is C15H24N2O4S. The van der Waals surface area contributed by atoms with Gasteiger partial charge in [0, 0.05) is 26.6 Å². The van der Waals surface area contributed by atoms with Crippen LogP contribution in [0.3, 0.4) is 0 Å². The average molecular weight is 328 g/mol. The number of aryl methyl sites for hydroxylation is 1. The summed E-state index contributed by atoms with van der Waals surface area (Å²) in [4.78, 5) is 11.6. The molecule has 0 bridgehead atoms. The first-order valence-corrected chi connectivity index (χ1v) is 8.99. The third kappa shape index (κ3) is 6.44. The van der Waals surface area contributed by atoms with E-state index in [0.717, 1.165) is 5.56 Å². The van der Waals surface area contributed by atoms with E-state index in [1.54, 1.807) is 19.2 Å². The molecule has 0 unspecified atom stereocenters. The van der Waals surface area contributed by atoms with Crippen LogP contribution in [0.5, 0.6) is 0 Å². The Morgan fingerprint density at radius 3 is 2.45 bits per heavy atom. The van der Waals surface area contributed by atoms with Crippen molar-refractivity contribution in [3.05, 3.63) is 29.8 Å². The maximum Gasteiger partial charge on any atom is 0.232 e. The fourth-order valence-corrected chi connectivity index (χ4v) is 2.93. The number of carbonyl (C=O) groups is 1. The van der Waals surface area contributed by atoms with Crippen molar-refractivity contribution < 1.29 is 17.9 Å². The van der Waals surface area contributed by atoms with Gasteiger partial charge in [0.05, 0.1) is 18.6 Å². The third-order valence-corrected chi connectivity index (χ3v) is 4.31. The molecule has 1 N–H and O–H groups in total. The van der Waals surface area contributed by atoms with Crippen LogP contribution < -0.4 is 9.62 Å². The highest BCUT2D eigenvalue weighted by Gasteiger charge is 2.17. The van der Waals surface area contributed by atoms with Gasteiger partial charge in [0.25, 0.3) is 0 Å². The summed E-state index contributed by atoms with van der Waals surface area (Å²) in [6.07, 6.45) is 1.91. The quantitative estimate of drug-likeness (QED) is 0.693. The summed E-state index contributed by atoms with van der Waals surface area (Å²) in [5.41, 5.74) is 1.68. The number of rotatable bonds is 9. The normalized spacial score (nSPS) is 11.2. The molecule has 7 heteroatoms. The van der Waals surface area contributed by atoms with Crippen LogP contribution in [0.15, 0.2) is 24.3 Å². The standard InChI is InChI=1S/C15H24N2O4S/c1-13-6-8-14(9-7-13)17(22(3,19)20)11-4-5-15(18)16-10-12-21-2/h6-9H,4-5,10-12H2,1-3H3,(H,16,18). The summed E-state index contributed by atoms with van der Waals surface area (Å²) in [5.74, 6) is -0.102. The van der Waals surface area contributed by atoms with Gasteiger partial charge in [-0.3, -0.25) is 9.10 Å². The highest BCUT2D eigenvalue weighted by molar-refractivity contribution is 7.92. The van der Waals surface area contributed by atoms with E-state index in [1.165, 1.54) is 10.6 Å². The van der Waals surface area contributed by atoms with Crippen LogP contribution in [-0.2, 0) is 19.6 Å². The van der Waals surface area contributed by atoms with Gasteiger partial charge in [-0.15, -0.1) is 0 Å². The number of anilines is 1. The number of sulfonamides is 1. The number of amides is 1. The van der Waals surface area contributed by atoms with Crippen molar-refractivity contribution in [3.63, 3.8) is 0 Å². The van der Waals surface area contributed by atoms with Gasteiger partial charge in [0.15, 0.2) is 0 Å². The summed E-state index contributed by atoms with van der Waals surface area (Å²) in [7, 11) is -1.80. The minimum absolute atomic E-state index is 0.102. The zero-order valence-electron chi connectivity index (χ0n) is 13.3. The lowest BCUT2D eigenvalue weighted by atomic mass is 10.2. The Labute approximate surface area is 132 Å². The van der Waals surface area contributed by atoms with Crippen molar-refractivity contribution in [2.24, 2.45) is 0 Å². The van der Waals surface area contributed by atoms with Crippen molar-refractivity contribution in [3.8, 4) is 0 Å². The maximum atomic E-state index is 11.9. The molecule has 0 saturated heterocycles. The predicted molar refractivity (Wildman–Crippen MR) is 87.5 cm³/mol. The fraction of sp³-hybridized carbons (Fsp3) is 0.533. The van der Waals surface area contributed by atoms with E-state index < -0.39 is 10.0 Å². The van der Waals surface area contributed by atoms with Crippen LogP contribution in [0.2, 0.25) is 0 Å². The minimum atomic E-state index is -3.37. The van der Waals surface area contributed by atoms with Gasteiger partial charge in [0.1, 0.15) is 0 Å². The first-order valence-electron chi connectivity index (χ1n) is 7.14. The van der Waals surface area contributed by atoms with Gasteiger partial charge in [-0.2, -0.15) is 0 Å². The van der Waals surface area contributed by atoms with E-state index in [9.17, 15) is 13.2 Å². The molecule has 1 aromatic rings. The Balaban J connectivity index is 2.57. The Kier molecular flexibility index (Phi) is 7.34. The third-order valence-electron chi connectivity index (χ3n) is 3.12. The van der Waals surface area contributed by atoms with Crippen LogP contribution in [0.25, 0.3) is 0 Å². The summed E-state index contributed by atoms with van der Waals surface area (Å²) >= 11 is 0. The van der Waals surface area contributed by atoms with Crippen LogP contribution in [-0.4, -0.2) is 47.4 Å². The Morgan fingerprint density at radius 2 is 1.91 bits per heavy atom. The van der Waals surface area contributed by atoms with Crippen molar-refractivity contribution in [1.82, 2.24) is 5.32 Å². The van der Waals surface area contributed by atoms with Crippen molar-refractivity contribution >= 4 is 21.6 Å². The van der Waals surface area contributed by atoms with E-state index >= 15 is 0 Å². The van der Waals surface area contributed by atoms with Crippen molar-refractivity contribution in [2.75, 3.05) is 37.4 Å². The van der Waals surface area contributed by atoms with E-state index in [1.807, 2.05) is 19.1 Å². The molecule has 1 aromatic carbocycles. The molecule has 1 amide bonds. The molecule has 124 valence electrons. The Bertz CT molecular complexity index is 570. The smallest absolute Gasteiger partial charge is 0.232 e. The molecule has 6 nitrogen and oxygen atoms in total. The second-order valence-electron chi connectivity index (χ2n) is 5.12. The SMILES string of the molecule is COCCNC(=O)CCCN(c1ccc(C)cc1)S(C)(=O)=O. The second-order valence-corrected chi connectivity index (χ2v) is 7.02. The summed E-state index contributed by atoms with van der Waals surface area (Å²) in [5, 5.41) is 2.71. The van der Waals surface area contributed by atoms with Gasteiger partial charge in [0.2, 0.25) is 15.9 Å². The molecule has 0 aliphatic rings. The number of carbonyl (C=O) groups excluding carboxylic acids is 1. The van der Waals surface area contributed by atoms with Gasteiger partial charge in [-0.25, -0.2) is 8.42 Å². The maximum absolute atomic E-state index is 11.9. The van der Waals surface area contributed by atoms with E-state index in [-0.39, 0.29) is 18.9 Å². The molecule has 0 radical (unpaired) electrons. The monoisotopic (exact) mass is 328 g/mol. The first-order chi connectivity index (χ1) is 10.3. The topological polar surface area (TPSA) is 75.7 Å². The Hall–Kier alpha value is -1.60. The summed E-state index contributed by atoms with van der Waals surface area (Å²) in [6.45, 7) is 3.15. The predicted octanol–water partition coefficient (Wildman–Crippen LogP) is 1.30. The molecule has 0 aliphatic carbocycles. The number of benzene rings is 1. The first kappa shape index (κ1) is 18.4. The number of nitrogens with zero attached hydrogens (tertiary/aromatic N) is 1. The van der Waals surface area contributed by atoms with Crippen molar-refractivity contribution in [2.45, 2.75) is 19.8 Å².